The van der Waals surface area contributed by atoms with Crippen LogP contribution in [0.15, 0.2) is 30.3 Å². The first-order chi connectivity index (χ1) is 13.0. The highest BCUT2D eigenvalue weighted by molar-refractivity contribution is 5.81. The van der Waals surface area contributed by atoms with Crippen LogP contribution in [0, 0.1) is 5.41 Å². The van der Waals surface area contributed by atoms with Crippen molar-refractivity contribution >= 4 is 12.0 Å². The topological polar surface area (TPSA) is 59.1 Å². The van der Waals surface area contributed by atoms with Gasteiger partial charge in [-0.15, -0.1) is 0 Å². The third kappa shape index (κ3) is 5.60. The van der Waals surface area contributed by atoms with Gasteiger partial charge < -0.3 is 19.3 Å². The molecule has 9 heteroatoms. The molecule has 2 amide bonds. The number of hydrogen-bond donors (Lipinski definition) is 0. The molecule has 0 saturated carbocycles. The number of carbonyl (C=O) groups excluding carboxylic acids is 2. The fourth-order valence-electron chi connectivity index (χ4n) is 3.04. The molecule has 0 spiro atoms. The molecule has 0 aromatic heterocycles. The predicted octanol–water partition coefficient (Wildman–Crippen LogP) is 3.07. The number of amides is 2. The van der Waals surface area contributed by atoms with Gasteiger partial charge in [0.05, 0.1) is 18.6 Å². The molecule has 2 rings (SSSR count). The molecule has 1 aromatic rings. The van der Waals surface area contributed by atoms with Gasteiger partial charge >= 0.3 is 18.2 Å². The summed E-state index contributed by atoms with van der Waals surface area (Å²) in [4.78, 5) is 26.1. The van der Waals surface area contributed by atoms with E-state index in [9.17, 15) is 22.8 Å². The summed E-state index contributed by atoms with van der Waals surface area (Å²) in [6.45, 7) is 3.98. The lowest BCUT2D eigenvalue weighted by Crippen LogP contribution is -2.59. The predicted molar refractivity (Wildman–Crippen MR) is 95.4 cm³/mol. The zero-order chi connectivity index (χ0) is 20.9. The average Bonchev–Trinajstić information content (AvgIpc) is 2.60. The fraction of sp³-hybridized carbons (Fsp3) is 0.579. The van der Waals surface area contributed by atoms with Crippen LogP contribution < -0.4 is 0 Å². The minimum Gasteiger partial charge on any atom is -0.445 e. The zero-order valence-electron chi connectivity index (χ0n) is 16.2. The second-order valence-electron chi connectivity index (χ2n) is 7.41. The van der Waals surface area contributed by atoms with Crippen molar-refractivity contribution in [3.05, 3.63) is 35.9 Å². The molecule has 1 aliphatic rings. The highest BCUT2D eigenvalue weighted by Gasteiger charge is 2.47. The number of carbonyl (C=O) groups is 2. The number of ether oxygens (including phenoxy) is 2. The molecule has 0 atom stereocenters. The van der Waals surface area contributed by atoms with Gasteiger partial charge in [-0.25, -0.2) is 4.79 Å². The molecule has 1 aromatic carbocycles. The van der Waals surface area contributed by atoms with Gasteiger partial charge in [0.2, 0.25) is 0 Å². The molecule has 0 aliphatic carbocycles. The maximum absolute atomic E-state index is 12.7. The molecule has 1 fully saturated rings. The second-order valence-corrected chi connectivity index (χ2v) is 7.41. The summed E-state index contributed by atoms with van der Waals surface area (Å²) in [7, 11) is 1.10. The third-order valence-corrected chi connectivity index (χ3v) is 4.55. The van der Waals surface area contributed by atoms with Crippen LogP contribution in [0.1, 0.15) is 19.4 Å². The van der Waals surface area contributed by atoms with E-state index < -0.39 is 23.6 Å². The molecule has 6 nitrogen and oxygen atoms in total. The summed E-state index contributed by atoms with van der Waals surface area (Å²) in [5.41, 5.74) is 0.0721. The van der Waals surface area contributed by atoms with E-state index in [1.165, 1.54) is 4.90 Å². The van der Waals surface area contributed by atoms with Crippen LogP contribution in [0.2, 0.25) is 0 Å². The Hall–Kier alpha value is -2.29. The smallest absolute Gasteiger partial charge is 0.445 e. The Bertz CT molecular complexity index is 676. The van der Waals surface area contributed by atoms with E-state index in [0.29, 0.717) is 4.90 Å². The Morgan fingerprint density at radius 3 is 2.25 bits per heavy atom. The summed E-state index contributed by atoms with van der Waals surface area (Å²) in [5, 5.41) is 0. The highest BCUT2D eigenvalue weighted by Crippen LogP contribution is 2.32. The average molecular weight is 402 g/mol. The fourth-order valence-corrected chi connectivity index (χ4v) is 3.04. The first-order valence-corrected chi connectivity index (χ1v) is 8.91. The lowest BCUT2D eigenvalue weighted by Gasteiger charge is -2.46. The lowest BCUT2D eigenvalue weighted by atomic mass is 9.84. The molecule has 1 aliphatic heterocycles. The van der Waals surface area contributed by atoms with Gasteiger partial charge in [0, 0.05) is 26.2 Å². The Labute approximate surface area is 162 Å². The lowest BCUT2D eigenvalue weighted by molar-refractivity contribution is -0.191. The van der Waals surface area contributed by atoms with Crippen LogP contribution in [0.5, 0.6) is 0 Å². The number of halogens is 3. The number of nitrogens with zero attached hydrogens (tertiary/aromatic N) is 2. The summed E-state index contributed by atoms with van der Waals surface area (Å²) in [6, 6.07) is 8.93. The van der Waals surface area contributed by atoms with Crippen molar-refractivity contribution in [2.75, 3.05) is 33.4 Å². The molecule has 0 N–H and O–H groups in total. The van der Waals surface area contributed by atoms with Crippen LogP contribution in [-0.4, -0.2) is 67.4 Å². The Morgan fingerprint density at radius 1 is 1.18 bits per heavy atom. The normalized spacial score (nSPS) is 15.7. The van der Waals surface area contributed by atoms with Crippen LogP contribution >= 0.6 is 0 Å². The number of benzene rings is 1. The van der Waals surface area contributed by atoms with Crippen LogP contribution in [0.3, 0.4) is 0 Å². The van der Waals surface area contributed by atoms with Gasteiger partial charge in [-0.05, 0) is 19.4 Å². The zero-order valence-corrected chi connectivity index (χ0v) is 16.2. The Kier molecular flexibility index (Phi) is 6.92. The van der Waals surface area contributed by atoms with E-state index in [2.05, 4.69) is 0 Å². The first kappa shape index (κ1) is 22.0. The van der Waals surface area contributed by atoms with Crippen molar-refractivity contribution < 1.29 is 32.2 Å². The van der Waals surface area contributed by atoms with Crippen molar-refractivity contribution in [1.82, 2.24) is 9.80 Å². The quantitative estimate of drug-likeness (QED) is 0.703. The summed E-state index contributed by atoms with van der Waals surface area (Å²) in [5.74, 6) is -1.92. The van der Waals surface area contributed by atoms with E-state index >= 15 is 0 Å². The maximum atomic E-state index is 12.7. The second kappa shape index (κ2) is 8.81. The van der Waals surface area contributed by atoms with Gasteiger partial charge in [0.1, 0.15) is 6.61 Å². The first-order valence-electron chi connectivity index (χ1n) is 8.91. The standard InChI is InChI=1S/C19H25F3N2O4/c1-14(2)24(17(26)28-9-15-7-5-4-6-8-15)11-18(12-27-13-18)10-23(3)16(25)19(20,21)22/h4-8,14H,9-13H2,1-3H3. The molecule has 0 radical (unpaired) electrons. The van der Waals surface area contributed by atoms with Crippen LogP contribution in [0.4, 0.5) is 18.0 Å². The summed E-state index contributed by atoms with van der Waals surface area (Å²) >= 11 is 0. The van der Waals surface area contributed by atoms with Crippen LogP contribution in [-0.2, 0) is 20.9 Å². The van der Waals surface area contributed by atoms with E-state index in [1.807, 2.05) is 30.3 Å². The van der Waals surface area contributed by atoms with Crippen molar-refractivity contribution in [3.63, 3.8) is 0 Å². The highest BCUT2D eigenvalue weighted by atomic mass is 19.4. The third-order valence-electron chi connectivity index (χ3n) is 4.55. The van der Waals surface area contributed by atoms with Gasteiger partial charge in [0.15, 0.2) is 0 Å². The Balaban J connectivity index is 2.02. The molecular weight excluding hydrogens is 377 g/mol. The molecule has 1 saturated heterocycles. The van der Waals surface area contributed by atoms with Crippen molar-refractivity contribution in [3.8, 4) is 0 Å². The monoisotopic (exact) mass is 402 g/mol. The molecule has 28 heavy (non-hydrogen) atoms. The molecule has 0 unspecified atom stereocenters. The van der Waals surface area contributed by atoms with Crippen molar-refractivity contribution in [2.45, 2.75) is 32.7 Å². The Morgan fingerprint density at radius 2 is 1.79 bits per heavy atom. The largest absolute Gasteiger partial charge is 0.471 e. The molecule has 1 heterocycles. The molecule has 0 bridgehead atoms. The van der Waals surface area contributed by atoms with Gasteiger partial charge in [0.25, 0.3) is 0 Å². The minimum absolute atomic E-state index is 0.0961. The SMILES string of the molecule is CC(C)N(CC1(CN(C)C(=O)C(F)(F)F)COC1)C(=O)OCc1ccccc1. The molecular formula is C19H25F3N2O4. The van der Waals surface area contributed by atoms with Gasteiger partial charge in [-0.2, -0.15) is 13.2 Å². The number of hydrogen-bond acceptors (Lipinski definition) is 4. The summed E-state index contributed by atoms with van der Waals surface area (Å²) in [6.07, 6.45) is -5.50. The van der Waals surface area contributed by atoms with E-state index in [1.54, 1.807) is 13.8 Å². The van der Waals surface area contributed by atoms with E-state index in [0.717, 1.165) is 12.6 Å². The number of rotatable bonds is 7. The number of alkyl halides is 3. The van der Waals surface area contributed by atoms with Gasteiger partial charge in [-0.1, -0.05) is 30.3 Å². The van der Waals surface area contributed by atoms with Crippen molar-refractivity contribution in [1.29, 1.82) is 0 Å². The van der Waals surface area contributed by atoms with Crippen LogP contribution in [0.25, 0.3) is 0 Å². The van der Waals surface area contributed by atoms with Crippen molar-refractivity contribution in [2.24, 2.45) is 5.41 Å². The maximum Gasteiger partial charge on any atom is 0.471 e. The summed E-state index contributed by atoms with van der Waals surface area (Å²) < 4.78 is 48.6. The molecule has 156 valence electrons. The minimum atomic E-state index is -4.94. The van der Waals surface area contributed by atoms with E-state index in [4.69, 9.17) is 9.47 Å². The van der Waals surface area contributed by atoms with Gasteiger partial charge in [-0.3, -0.25) is 4.79 Å². The van der Waals surface area contributed by atoms with E-state index in [-0.39, 0.29) is 39.0 Å².